The summed E-state index contributed by atoms with van der Waals surface area (Å²) in [5.74, 6) is -0.774. The van der Waals surface area contributed by atoms with E-state index in [1.54, 1.807) is 62.8 Å². The molecular weight excluding hydrogens is 758 g/mol. The molecule has 0 aromatic heterocycles. The first-order valence-corrected chi connectivity index (χ1v) is 18.9. The number of nitrogens with one attached hydrogen (secondary N) is 6. The van der Waals surface area contributed by atoms with Crippen molar-refractivity contribution in [3.63, 3.8) is 0 Å². The van der Waals surface area contributed by atoms with E-state index >= 15 is 0 Å². The Hall–Kier alpha value is -5.63. The minimum atomic E-state index is -1.31. The zero-order chi connectivity index (χ0) is 42.4. The van der Waals surface area contributed by atoms with Gasteiger partial charge in [-0.2, -0.15) is 0 Å². The number of rotatable bonds is 31. The third-order valence-electron chi connectivity index (χ3n) is 8.01. The maximum atomic E-state index is 12.8. The molecule has 0 saturated carbocycles. The molecule has 0 atom stereocenters. The predicted octanol–water partition coefficient (Wildman–Crippen LogP) is 0.423. The zero-order valence-corrected chi connectivity index (χ0v) is 33.2. The van der Waals surface area contributed by atoms with Crippen molar-refractivity contribution in [3.05, 3.63) is 48.5 Å². The van der Waals surface area contributed by atoms with Crippen LogP contribution in [0.5, 0.6) is 11.5 Å². The predicted molar refractivity (Wildman–Crippen MR) is 213 cm³/mol. The number of amides is 6. The molecule has 2 aromatic carbocycles. The molecule has 19 heteroatoms. The number of aldehydes is 1. The summed E-state index contributed by atoms with van der Waals surface area (Å²) < 4.78 is 27.7. The molecule has 0 spiro atoms. The van der Waals surface area contributed by atoms with Crippen LogP contribution in [0.4, 0.5) is 11.4 Å². The lowest BCUT2D eigenvalue weighted by atomic mass is 10.0. The topological polar surface area (TPSA) is 264 Å². The van der Waals surface area contributed by atoms with Crippen molar-refractivity contribution in [1.29, 1.82) is 0 Å². The van der Waals surface area contributed by atoms with Gasteiger partial charge in [-0.25, -0.2) is 0 Å². The van der Waals surface area contributed by atoms with Crippen LogP contribution < -0.4 is 47.1 Å². The second kappa shape index (κ2) is 28.7. The summed E-state index contributed by atoms with van der Waals surface area (Å²) in [6.45, 7) is -0.258. The first kappa shape index (κ1) is 48.5. The van der Waals surface area contributed by atoms with Gasteiger partial charge >= 0.3 is 0 Å². The van der Waals surface area contributed by atoms with Crippen LogP contribution in [-0.2, 0) is 47.8 Å². The van der Waals surface area contributed by atoms with E-state index in [2.05, 4.69) is 31.9 Å². The van der Waals surface area contributed by atoms with Crippen LogP contribution in [0.15, 0.2) is 48.5 Å². The number of benzene rings is 2. The summed E-state index contributed by atoms with van der Waals surface area (Å²) >= 11 is 0. The monoisotopic (exact) mass is 815 g/mol. The van der Waals surface area contributed by atoms with Gasteiger partial charge in [-0.05, 0) is 48.5 Å². The van der Waals surface area contributed by atoms with Gasteiger partial charge in [0.05, 0.1) is 53.9 Å². The van der Waals surface area contributed by atoms with Gasteiger partial charge in [0, 0.05) is 82.5 Å². The molecule has 0 heterocycles. The molecule has 8 N–H and O–H groups in total. The Morgan fingerprint density at radius 2 is 0.948 bits per heavy atom. The van der Waals surface area contributed by atoms with Gasteiger partial charge in [0.1, 0.15) is 23.3 Å². The fraction of sp³-hybridized carbons (Fsp3) is 0.513. The average molecular weight is 816 g/mol. The minimum Gasteiger partial charge on any atom is -0.497 e. The SMILES string of the molecule is COc1ccc(NC(=O)CCNC(=O)CCOCC(COCCC(=O)NCCC=O)(COCCC(=O)NCCC(=O)Nc2ccc(OC)cc2)NC(=O)CCN)cc1. The lowest BCUT2D eigenvalue weighted by Gasteiger charge is -2.34. The molecule has 2 rings (SSSR count). The number of carbonyl (C=O) groups excluding carboxylic acids is 7. The van der Waals surface area contributed by atoms with Gasteiger partial charge in [0.25, 0.3) is 0 Å². The lowest BCUT2D eigenvalue weighted by Crippen LogP contribution is -2.59. The number of ether oxygens (including phenoxy) is 5. The maximum absolute atomic E-state index is 12.8. The minimum absolute atomic E-state index is 0.0238. The Kier molecular flexibility index (Phi) is 24.0. The highest BCUT2D eigenvalue weighted by atomic mass is 16.5. The highest BCUT2D eigenvalue weighted by molar-refractivity contribution is 5.92. The van der Waals surface area contributed by atoms with E-state index in [1.165, 1.54) is 0 Å². The summed E-state index contributed by atoms with van der Waals surface area (Å²) in [6.07, 6.45) is 0.770. The molecule has 0 bridgehead atoms. The first-order valence-electron chi connectivity index (χ1n) is 18.9. The molecule has 58 heavy (non-hydrogen) atoms. The number of hydrogen-bond donors (Lipinski definition) is 7. The van der Waals surface area contributed by atoms with Crippen LogP contribution in [-0.4, -0.2) is 127 Å². The molecule has 0 radical (unpaired) electrons. The van der Waals surface area contributed by atoms with Crippen molar-refractivity contribution in [2.75, 3.05) is 90.7 Å². The first-order chi connectivity index (χ1) is 28.0. The zero-order valence-electron chi connectivity index (χ0n) is 33.2. The van der Waals surface area contributed by atoms with Crippen LogP contribution in [0.25, 0.3) is 0 Å². The Morgan fingerprint density at radius 1 is 0.552 bits per heavy atom. The van der Waals surface area contributed by atoms with E-state index in [0.717, 1.165) is 0 Å². The van der Waals surface area contributed by atoms with E-state index in [0.29, 0.717) is 29.2 Å². The van der Waals surface area contributed by atoms with Crippen LogP contribution in [0.2, 0.25) is 0 Å². The summed E-state index contributed by atoms with van der Waals surface area (Å²) in [5, 5.41) is 16.3. The van der Waals surface area contributed by atoms with Gasteiger partial charge in [0.2, 0.25) is 35.4 Å². The van der Waals surface area contributed by atoms with Gasteiger partial charge in [-0.15, -0.1) is 0 Å². The van der Waals surface area contributed by atoms with E-state index in [4.69, 9.17) is 29.4 Å². The van der Waals surface area contributed by atoms with Crippen LogP contribution in [0, 0.1) is 0 Å². The lowest BCUT2D eigenvalue weighted by molar-refractivity contribution is -0.130. The van der Waals surface area contributed by atoms with Crippen LogP contribution >= 0.6 is 0 Å². The van der Waals surface area contributed by atoms with Gasteiger partial charge in [-0.1, -0.05) is 0 Å². The Balaban J connectivity index is 1.90. The van der Waals surface area contributed by atoms with E-state index in [-0.39, 0.29) is 140 Å². The molecule has 0 unspecified atom stereocenters. The van der Waals surface area contributed by atoms with Gasteiger partial charge in [0.15, 0.2) is 0 Å². The highest BCUT2D eigenvalue weighted by Crippen LogP contribution is 2.16. The summed E-state index contributed by atoms with van der Waals surface area (Å²) in [6, 6.07) is 13.6. The molecule has 19 nitrogen and oxygen atoms in total. The quantitative estimate of drug-likeness (QED) is 0.0403. The molecule has 2 aromatic rings. The number of carbonyl (C=O) groups is 7. The molecule has 0 aliphatic carbocycles. The van der Waals surface area contributed by atoms with Crippen molar-refractivity contribution < 1.29 is 57.2 Å². The molecular formula is C39H57N7O12. The molecule has 320 valence electrons. The molecule has 6 amide bonds. The summed E-state index contributed by atoms with van der Waals surface area (Å²) in [4.78, 5) is 85.1. The molecule has 0 aliphatic heterocycles. The fourth-order valence-corrected chi connectivity index (χ4v) is 4.98. The Bertz CT molecular complexity index is 1490. The summed E-state index contributed by atoms with van der Waals surface area (Å²) in [5.41, 5.74) is 5.47. The number of methoxy groups -OCH3 is 2. The van der Waals surface area contributed by atoms with E-state index < -0.39 is 11.4 Å². The average Bonchev–Trinajstić information content (AvgIpc) is 3.20. The Labute approximate surface area is 338 Å². The second-order valence-electron chi connectivity index (χ2n) is 12.8. The smallest absolute Gasteiger partial charge is 0.226 e. The fourth-order valence-electron chi connectivity index (χ4n) is 4.98. The molecule has 0 saturated heterocycles. The van der Waals surface area contributed by atoms with Crippen molar-refractivity contribution in [1.82, 2.24) is 21.3 Å². The normalized spacial score (nSPS) is 10.8. The number of nitrogens with two attached hydrogens (primary N) is 1. The third-order valence-corrected chi connectivity index (χ3v) is 8.01. The third kappa shape index (κ3) is 21.6. The van der Waals surface area contributed by atoms with Crippen LogP contribution in [0.3, 0.4) is 0 Å². The van der Waals surface area contributed by atoms with Crippen LogP contribution in [0.1, 0.15) is 44.9 Å². The molecule has 0 aliphatic rings. The number of hydrogen-bond acceptors (Lipinski definition) is 13. The molecule has 0 fully saturated rings. The van der Waals surface area contributed by atoms with Crippen molar-refractivity contribution in [2.45, 2.75) is 50.5 Å². The van der Waals surface area contributed by atoms with Gasteiger partial charge < -0.3 is 66.1 Å². The highest BCUT2D eigenvalue weighted by Gasteiger charge is 2.34. The number of anilines is 2. The van der Waals surface area contributed by atoms with E-state index in [1.807, 2.05) is 0 Å². The Morgan fingerprint density at radius 3 is 1.31 bits per heavy atom. The summed E-state index contributed by atoms with van der Waals surface area (Å²) in [7, 11) is 3.08. The van der Waals surface area contributed by atoms with Crippen molar-refractivity contribution in [3.8, 4) is 11.5 Å². The van der Waals surface area contributed by atoms with Crippen molar-refractivity contribution in [2.24, 2.45) is 5.73 Å². The second-order valence-corrected chi connectivity index (χ2v) is 12.8. The largest absolute Gasteiger partial charge is 0.497 e. The van der Waals surface area contributed by atoms with E-state index in [9.17, 15) is 33.6 Å². The standard InChI is InChI=1S/C39H57N7O12/c1-54-31-8-4-29(5-9-31)44-36(51)13-20-42-34(49)16-24-57-27-39(46-38(53)12-18-40,26-56-23-15-33(48)41-19-3-22-47)28-58-25-17-35(50)43-21-14-37(52)45-30-6-10-32(55-2)11-7-30/h4-11,22H,3,12-21,23-28,40H2,1-2H3,(H,41,48)(H,42,49)(H,43,50)(H,44,51)(H,45,52)(H,46,53). The van der Waals surface area contributed by atoms with Gasteiger partial charge in [-0.3, -0.25) is 28.8 Å². The van der Waals surface area contributed by atoms with Crippen molar-refractivity contribution >= 4 is 53.1 Å². The maximum Gasteiger partial charge on any atom is 0.226 e.